The molecular weight excluding hydrogens is 200 g/mol. The van der Waals surface area contributed by atoms with Gasteiger partial charge in [-0.05, 0) is 18.1 Å². The first kappa shape index (κ1) is 13.6. The number of aliphatic hydroxyl groups excluding tert-OH is 1. The van der Waals surface area contributed by atoms with Crippen LogP contribution in [0.2, 0.25) is 18.1 Å². The van der Waals surface area contributed by atoms with Gasteiger partial charge in [-0.15, -0.1) is 0 Å². The molecule has 0 aliphatic rings. The molecule has 0 unspecified atom stereocenters. The van der Waals surface area contributed by atoms with Crippen LogP contribution in [-0.2, 0) is 9.22 Å². The van der Waals surface area contributed by atoms with Gasteiger partial charge in [0.05, 0.1) is 6.61 Å². The Bertz CT molecular complexity index is 207. The van der Waals surface area contributed by atoms with E-state index in [1.807, 2.05) is 13.1 Å². The Labute approximate surface area is 86.0 Å². The molecule has 0 aliphatic heterocycles. The lowest BCUT2D eigenvalue weighted by Crippen LogP contribution is -2.43. The second kappa shape index (κ2) is 4.42. The van der Waals surface area contributed by atoms with Gasteiger partial charge in [0, 0.05) is 0 Å². The summed E-state index contributed by atoms with van der Waals surface area (Å²) < 4.78 is 5.53. The molecule has 0 radical (unpaired) electrons. The van der Waals surface area contributed by atoms with E-state index >= 15 is 0 Å². The van der Waals surface area contributed by atoms with E-state index in [2.05, 4.69) is 20.8 Å². The Morgan fingerprint density at radius 1 is 1.43 bits per heavy atom. The van der Waals surface area contributed by atoms with Gasteiger partial charge in [0.1, 0.15) is 0 Å². The summed E-state index contributed by atoms with van der Waals surface area (Å²) in [5.41, 5.74) is 0. The van der Waals surface area contributed by atoms with Crippen molar-refractivity contribution in [1.29, 1.82) is 0 Å². The molecule has 14 heavy (non-hydrogen) atoms. The fraction of sp³-hybridized carbons (Fsp3) is 0.889. The highest BCUT2D eigenvalue weighted by atomic mass is 28.4. The third-order valence-electron chi connectivity index (χ3n) is 2.69. The van der Waals surface area contributed by atoms with E-state index in [0.717, 1.165) is 0 Å². The van der Waals surface area contributed by atoms with E-state index in [0.29, 0.717) is 0 Å². The van der Waals surface area contributed by atoms with Crippen LogP contribution in [0, 0.1) is 0 Å². The third-order valence-corrected chi connectivity index (χ3v) is 7.19. The number of aliphatic carboxylic acids is 1. The van der Waals surface area contributed by atoms with Crippen molar-refractivity contribution in [2.75, 3.05) is 6.61 Å². The van der Waals surface area contributed by atoms with Gasteiger partial charge in [-0.2, -0.15) is 0 Å². The van der Waals surface area contributed by atoms with Gasteiger partial charge in [0.2, 0.25) is 0 Å². The largest absolute Gasteiger partial charge is 0.479 e. The van der Waals surface area contributed by atoms with Crippen molar-refractivity contribution in [1.82, 2.24) is 0 Å². The summed E-state index contributed by atoms with van der Waals surface area (Å²) in [4.78, 5) is 10.4. The molecule has 0 aliphatic carbocycles. The summed E-state index contributed by atoms with van der Waals surface area (Å²) in [5.74, 6) is -1.23. The normalized spacial score (nSPS) is 15.3. The summed E-state index contributed by atoms with van der Waals surface area (Å²) in [6.45, 7) is 10.1. The first-order chi connectivity index (χ1) is 6.08. The molecule has 0 aromatic heterocycles. The highest BCUT2D eigenvalue weighted by Crippen LogP contribution is 2.36. The molecule has 0 heterocycles. The summed E-state index contributed by atoms with van der Waals surface area (Å²) in [7, 11) is -1.94. The maximum Gasteiger partial charge on any atom is 0.334 e. The van der Waals surface area contributed by atoms with E-state index in [-0.39, 0.29) is 11.6 Å². The Kier molecular flexibility index (Phi) is 4.29. The van der Waals surface area contributed by atoms with Crippen molar-refractivity contribution < 1.29 is 19.4 Å². The molecule has 2 N–H and O–H groups in total. The lowest BCUT2D eigenvalue weighted by molar-refractivity contribution is -0.148. The van der Waals surface area contributed by atoms with Crippen LogP contribution in [-0.4, -0.2) is 37.2 Å². The topological polar surface area (TPSA) is 66.8 Å². The second-order valence-corrected chi connectivity index (χ2v) is 9.73. The molecule has 0 aromatic rings. The summed E-state index contributed by atoms with van der Waals surface area (Å²) in [5, 5.41) is 17.6. The smallest absolute Gasteiger partial charge is 0.334 e. The summed E-state index contributed by atoms with van der Waals surface area (Å²) >= 11 is 0. The van der Waals surface area contributed by atoms with Crippen molar-refractivity contribution in [2.24, 2.45) is 0 Å². The molecule has 0 bridgehead atoms. The van der Waals surface area contributed by atoms with Crippen LogP contribution < -0.4 is 0 Å². The zero-order valence-corrected chi connectivity index (χ0v) is 10.5. The van der Waals surface area contributed by atoms with E-state index in [4.69, 9.17) is 14.6 Å². The van der Waals surface area contributed by atoms with Gasteiger partial charge in [0.15, 0.2) is 14.4 Å². The predicted molar refractivity (Wildman–Crippen MR) is 56.8 cm³/mol. The monoisotopic (exact) mass is 220 g/mol. The van der Waals surface area contributed by atoms with Crippen molar-refractivity contribution in [3.63, 3.8) is 0 Å². The molecule has 0 aromatic carbocycles. The van der Waals surface area contributed by atoms with Gasteiger partial charge in [-0.3, -0.25) is 0 Å². The Morgan fingerprint density at radius 3 is 2.14 bits per heavy atom. The summed E-state index contributed by atoms with van der Waals surface area (Å²) in [6.07, 6.45) is -1.41. The molecule has 0 saturated heterocycles. The minimum atomic E-state index is -1.94. The van der Waals surface area contributed by atoms with Crippen molar-refractivity contribution >= 4 is 14.3 Å². The first-order valence-electron chi connectivity index (χ1n) is 4.63. The van der Waals surface area contributed by atoms with Gasteiger partial charge in [-0.25, -0.2) is 4.79 Å². The Balaban J connectivity index is 4.20. The van der Waals surface area contributed by atoms with Crippen LogP contribution in [0.25, 0.3) is 0 Å². The number of rotatable bonds is 4. The van der Waals surface area contributed by atoms with Gasteiger partial charge in [0.25, 0.3) is 0 Å². The minimum absolute atomic E-state index is 0.0330. The quantitative estimate of drug-likeness (QED) is 0.704. The number of hydrogen-bond donors (Lipinski definition) is 2. The standard InChI is InChI=1S/C9H20O4Si/c1-9(2,3)14(4,5)13-6-7(10)8(11)12/h7,10H,6H2,1-5H3,(H,11,12)/t7-/m1/s1. The second-order valence-electron chi connectivity index (χ2n) is 4.93. The molecule has 5 heteroatoms. The number of hydrogen-bond acceptors (Lipinski definition) is 3. The molecule has 0 spiro atoms. The highest BCUT2D eigenvalue weighted by Gasteiger charge is 2.37. The zero-order chi connectivity index (χ0) is 11.6. The van der Waals surface area contributed by atoms with Crippen LogP contribution >= 0.6 is 0 Å². The van der Waals surface area contributed by atoms with Crippen molar-refractivity contribution in [3.8, 4) is 0 Å². The summed E-state index contributed by atoms with van der Waals surface area (Å²) in [6, 6.07) is 0. The number of carbonyl (C=O) groups is 1. The molecular formula is C9H20O4Si. The Hall–Kier alpha value is -0.393. The lowest BCUT2D eigenvalue weighted by Gasteiger charge is -2.36. The van der Waals surface area contributed by atoms with Crippen LogP contribution in [0.15, 0.2) is 0 Å². The van der Waals surface area contributed by atoms with Crippen molar-refractivity contribution in [2.45, 2.75) is 45.0 Å². The molecule has 0 fully saturated rings. The van der Waals surface area contributed by atoms with Crippen LogP contribution in [0.5, 0.6) is 0 Å². The fourth-order valence-corrected chi connectivity index (χ4v) is 1.58. The molecule has 84 valence electrons. The SMILES string of the molecule is CC(C)(C)[Si](C)(C)OC[C@@H](O)C(=O)O. The van der Waals surface area contributed by atoms with Gasteiger partial charge >= 0.3 is 5.97 Å². The van der Waals surface area contributed by atoms with Crippen LogP contribution in [0.1, 0.15) is 20.8 Å². The number of carboxylic acid groups (broad SMARTS) is 1. The maximum atomic E-state index is 10.4. The molecule has 0 amide bonds. The fourth-order valence-electron chi connectivity index (χ4n) is 0.575. The molecule has 0 saturated carbocycles. The lowest BCUT2D eigenvalue weighted by atomic mass is 10.2. The average Bonchev–Trinajstić information content (AvgIpc) is 1.97. The highest BCUT2D eigenvalue weighted by molar-refractivity contribution is 6.74. The van der Waals surface area contributed by atoms with Crippen LogP contribution in [0.4, 0.5) is 0 Å². The molecule has 0 rings (SSSR count). The van der Waals surface area contributed by atoms with E-state index in [1.54, 1.807) is 0 Å². The average molecular weight is 220 g/mol. The molecule has 1 atom stereocenters. The maximum absolute atomic E-state index is 10.4. The van der Waals surface area contributed by atoms with Gasteiger partial charge < -0.3 is 14.6 Å². The predicted octanol–water partition coefficient (Wildman–Crippen LogP) is 1.45. The third kappa shape index (κ3) is 3.77. The number of aliphatic hydroxyl groups is 1. The van der Waals surface area contributed by atoms with Crippen molar-refractivity contribution in [3.05, 3.63) is 0 Å². The molecule has 4 nitrogen and oxygen atoms in total. The zero-order valence-electron chi connectivity index (χ0n) is 9.50. The Morgan fingerprint density at radius 2 is 1.86 bits per heavy atom. The van der Waals surface area contributed by atoms with Gasteiger partial charge in [-0.1, -0.05) is 20.8 Å². The van der Waals surface area contributed by atoms with E-state index < -0.39 is 20.4 Å². The number of carboxylic acids is 1. The van der Waals surface area contributed by atoms with Crippen LogP contribution in [0.3, 0.4) is 0 Å². The van der Waals surface area contributed by atoms with E-state index in [1.165, 1.54) is 0 Å². The minimum Gasteiger partial charge on any atom is -0.479 e. The van der Waals surface area contributed by atoms with E-state index in [9.17, 15) is 4.79 Å². The first-order valence-corrected chi connectivity index (χ1v) is 7.53.